The third kappa shape index (κ3) is 1.74. The fraction of sp³-hybridized carbons (Fsp3) is 0.429. The predicted molar refractivity (Wildman–Crippen MR) is 68.3 cm³/mol. The lowest BCUT2D eigenvalue weighted by Gasteiger charge is -2.41. The first-order valence-corrected chi connectivity index (χ1v) is 5.78. The summed E-state index contributed by atoms with van der Waals surface area (Å²) in [6.07, 6.45) is 2.25. The fourth-order valence-corrected chi connectivity index (χ4v) is 2.33. The molecule has 0 spiro atoms. The zero-order chi connectivity index (χ0) is 11.8. The molecule has 1 aliphatic heterocycles. The van der Waals surface area contributed by atoms with Gasteiger partial charge in [0.05, 0.1) is 17.8 Å². The Morgan fingerprint density at radius 1 is 1.25 bits per heavy atom. The summed E-state index contributed by atoms with van der Waals surface area (Å²) in [6.45, 7) is 9.20. The van der Waals surface area contributed by atoms with Crippen LogP contribution in [0.15, 0.2) is 30.3 Å². The Morgan fingerprint density at radius 3 is 2.62 bits per heavy atom. The highest BCUT2D eigenvalue weighted by atomic mass is 16.7. The molecule has 2 heteroatoms. The van der Waals surface area contributed by atoms with E-state index in [1.54, 1.807) is 0 Å². The Labute approximate surface area is 97.5 Å². The van der Waals surface area contributed by atoms with E-state index in [9.17, 15) is 0 Å². The number of para-hydroxylation sites is 1. The van der Waals surface area contributed by atoms with Crippen molar-refractivity contribution in [2.75, 3.05) is 11.7 Å². The van der Waals surface area contributed by atoms with Crippen molar-refractivity contribution in [2.24, 2.45) is 0 Å². The van der Waals surface area contributed by atoms with E-state index < -0.39 is 0 Å². The molecule has 1 aliphatic rings. The van der Waals surface area contributed by atoms with Crippen molar-refractivity contribution in [1.29, 1.82) is 0 Å². The Kier molecular flexibility index (Phi) is 2.76. The standard InChI is InChI=1S/C14H19NO/c1-5-16-15-13-9-7-6-8-12(13)11(2)10-14(15,3)4/h6-10H,5H2,1-4H3. The number of nitrogens with zero attached hydrogens (tertiary/aromatic N) is 1. The third-order valence-electron chi connectivity index (χ3n) is 2.90. The van der Waals surface area contributed by atoms with Gasteiger partial charge in [0.15, 0.2) is 0 Å². The molecule has 0 fully saturated rings. The van der Waals surface area contributed by atoms with E-state index in [4.69, 9.17) is 4.84 Å². The molecule has 0 amide bonds. The maximum absolute atomic E-state index is 5.76. The zero-order valence-electron chi connectivity index (χ0n) is 10.4. The summed E-state index contributed by atoms with van der Waals surface area (Å²) in [6, 6.07) is 8.38. The number of hydrogen-bond donors (Lipinski definition) is 0. The molecule has 0 bridgehead atoms. The summed E-state index contributed by atoms with van der Waals surface area (Å²) < 4.78 is 0. The van der Waals surface area contributed by atoms with Gasteiger partial charge < -0.3 is 0 Å². The molecule has 2 rings (SSSR count). The quantitative estimate of drug-likeness (QED) is 0.750. The van der Waals surface area contributed by atoms with Crippen molar-refractivity contribution in [2.45, 2.75) is 33.2 Å². The molecule has 16 heavy (non-hydrogen) atoms. The van der Waals surface area contributed by atoms with Crippen LogP contribution < -0.4 is 5.06 Å². The molecule has 86 valence electrons. The van der Waals surface area contributed by atoms with Crippen LogP contribution in [0.3, 0.4) is 0 Å². The lowest BCUT2D eigenvalue weighted by Crippen LogP contribution is -2.45. The van der Waals surface area contributed by atoms with Crippen molar-refractivity contribution in [3.8, 4) is 0 Å². The second-order valence-corrected chi connectivity index (χ2v) is 4.71. The summed E-state index contributed by atoms with van der Waals surface area (Å²) in [5.41, 5.74) is 3.65. The SMILES string of the molecule is CCON1c2ccccc2C(C)=CC1(C)C. The van der Waals surface area contributed by atoms with Gasteiger partial charge in [0.1, 0.15) is 0 Å². The number of rotatable bonds is 2. The van der Waals surface area contributed by atoms with Gasteiger partial charge in [-0.15, -0.1) is 0 Å². The van der Waals surface area contributed by atoms with Crippen LogP contribution in [0.25, 0.3) is 5.57 Å². The number of hydrogen-bond acceptors (Lipinski definition) is 2. The Bertz CT molecular complexity index is 420. The first-order valence-electron chi connectivity index (χ1n) is 5.78. The Hall–Kier alpha value is -1.28. The van der Waals surface area contributed by atoms with Crippen molar-refractivity contribution in [3.05, 3.63) is 35.9 Å². The van der Waals surface area contributed by atoms with Crippen LogP contribution in [0.4, 0.5) is 5.69 Å². The molecular formula is C14H19NO. The first kappa shape index (κ1) is 11.2. The number of fused-ring (bicyclic) bond motifs is 1. The van der Waals surface area contributed by atoms with E-state index in [0.29, 0.717) is 6.61 Å². The average molecular weight is 217 g/mol. The van der Waals surface area contributed by atoms with Crippen LogP contribution in [0.5, 0.6) is 0 Å². The van der Waals surface area contributed by atoms with Crippen molar-refractivity contribution in [1.82, 2.24) is 0 Å². The molecular weight excluding hydrogens is 198 g/mol. The van der Waals surface area contributed by atoms with Gasteiger partial charge in [0.2, 0.25) is 0 Å². The van der Waals surface area contributed by atoms with Crippen LogP contribution in [-0.2, 0) is 4.84 Å². The zero-order valence-corrected chi connectivity index (χ0v) is 10.4. The van der Waals surface area contributed by atoms with Crippen molar-refractivity contribution < 1.29 is 4.84 Å². The number of anilines is 1. The van der Waals surface area contributed by atoms with Crippen molar-refractivity contribution in [3.63, 3.8) is 0 Å². The summed E-state index contributed by atoms with van der Waals surface area (Å²) in [4.78, 5) is 5.76. The fourth-order valence-electron chi connectivity index (χ4n) is 2.33. The molecule has 0 atom stereocenters. The molecule has 1 aromatic carbocycles. The minimum atomic E-state index is -0.0888. The highest BCUT2D eigenvalue weighted by molar-refractivity contribution is 5.80. The predicted octanol–water partition coefficient (Wildman–Crippen LogP) is 3.64. The van der Waals surface area contributed by atoms with Gasteiger partial charge in [-0.3, -0.25) is 4.84 Å². The van der Waals surface area contributed by atoms with Gasteiger partial charge >= 0.3 is 0 Å². The maximum atomic E-state index is 5.76. The van der Waals surface area contributed by atoms with Gasteiger partial charge in [-0.25, -0.2) is 5.06 Å². The van der Waals surface area contributed by atoms with Gasteiger partial charge in [-0.2, -0.15) is 0 Å². The van der Waals surface area contributed by atoms with Crippen LogP contribution in [0.1, 0.15) is 33.3 Å². The molecule has 0 saturated heterocycles. The monoisotopic (exact) mass is 217 g/mol. The molecule has 0 unspecified atom stereocenters. The van der Waals surface area contributed by atoms with Gasteiger partial charge in [0.25, 0.3) is 0 Å². The second kappa shape index (κ2) is 3.95. The molecule has 1 aromatic rings. The summed E-state index contributed by atoms with van der Waals surface area (Å²) in [7, 11) is 0. The highest BCUT2D eigenvalue weighted by Gasteiger charge is 2.31. The lowest BCUT2D eigenvalue weighted by atomic mass is 9.91. The average Bonchev–Trinajstić information content (AvgIpc) is 2.23. The molecule has 0 radical (unpaired) electrons. The Morgan fingerprint density at radius 2 is 1.94 bits per heavy atom. The van der Waals surface area contributed by atoms with Crippen LogP contribution in [-0.4, -0.2) is 12.1 Å². The maximum Gasteiger partial charge on any atom is 0.0803 e. The molecule has 0 aromatic heterocycles. The summed E-state index contributed by atoms with van der Waals surface area (Å²) in [5, 5.41) is 2.01. The highest BCUT2D eigenvalue weighted by Crippen LogP contribution is 2.38. The normalized spacial score (nSPS) is 18.0. The van der Waals surface area contributed by atoms with E-state index in [2.05, 4.69) is 51.1 Å². The molecule has 0 saturated carbocycles. The van der Waals surface area contributed by atoms with Crippen LogP contribution in [0, 0.1) is 0 Å². The minimum Gasteiger partial charge on any atom is -0.273 e. The number of allylic oxidation sites excluding steroid dienone is 1. The number of benzene rings is 1. The number of hydroxylamine groups is 1. The van der Waals surface area contributed by atoms with E-state index in [-0.39, 0.29) is 5.54 Å². The van der Waals surface area contributed by atoms with E-state index in [0.717, 1.165) is 5.69 Å². The van der Waals surface area contributed by atoms with E-state index in [1.165, 1.54) is 11.1 Å². The molecule has 1 heterocycles. The molecule has 0 N–H and O–H groups in total. The van der Waals surface area contributed by atoms with Gasteiger partial charge in [0, 0.05) is 5.56 Å². The van der Waals surface area contributed by atoms with E-state index >= 15 is 0 Å². The van der Waals surface area contributed by atoms with Crippen LogP contribution >= 0.6 is 0 Å². The topological polar surface area (TPSA) is 12.5 Å². The largest absolute Gasteiger partial charge is 0.273 e. The molecule has 2 nitrogen and oxygen atoms in total. The van der Waals surface area contributed by atoms with E-state index in [1.807, 2.05) is 12.0 Å². The minimum absolute atomic E-state index is 0.0888. The summed E-state index contributed by atoms with van der Waals surface area (Å²) in [5.74, 6) is 0. The third-order valence-corrected chi connectivity index (χ3v) is 2.90. The van der Waals surface area contributed by atoms with Crippen LogP contribution in [0.2, 0.25) is 0 Å². The van der Waals surface area contributed by atoms with Gasteiger partial charge in [-0.1, -0.05) is 24.3 Å². The second-order valence-electron chi connectivity index (χ2n) is 4.71. The van der Waals surface area contributed by atoms with Gasteiger partial charge in [-0.05, 0) is 39.3 Å². The summed E-state index contributed by atoms with van der Waals surface area (Å²) >= 11 is 0. The smallest absolute Gasteiger partial charge is 0.0803 e. The lowest BCUT2D eigenvalue weighted by molar-refractivity contribution is 0.0836. The molecule has 0 aliphatic carbocycles. The first-order chi connectivity index (χ1) is 7.56. The van der Waals surface area contributed by atoms with Crippen molar-refractivity contribution >= 4 is 11.3 Å². The Balaban J connectivity index is 2.53.